The minimum absolute atomic E-state index is 0.608. The van der Waals surface area contributed by atoms with Gasteiger partial charge in [0.05, 0.1) is 0 Å². The van der Waals surface area contributed by atoms with Crippen molar-refractivity contribution in [3.63, 3.8) is 0 Å². The maximum Gasteiger partial charge on any atom is 0.185 e. The molecule has 12 heavy (non-hydrogen) atoms. The highest BCUT2D eigenvalue weighted by atomic mass is 35.5. The average molecular weight is 225 g/mol. The first-order valence-corrected chi connectivity index (χ1v) is 5.59. The van der Waals surface area contributed by atoms with Crippen LogP contribution < -0.4 is 4.90 Å². The van der Waals surface area contributed by atoms with Gasteiger partial charge in [0.1, 0.15) is 0 Å². The zero-order valence-corrected chi connectivity index (χ0v) is 8.87. The summed E-state index contributed by atoms with van der Waals surface area (Å²) in [5.74, 6) is 1.22. The fourth-order valence-electron chi connectivity index (χ4n) is 0.879. The van der Waals surface area contributed by atoms with E-state index in [1.54, 1.807) is 17.5 Å². The molecule has 0 radical (unpaired) electrons. The minimum atomic E-state index is 0.608. The van der Waals surface area contributed by atoms with Crippen LogP contribution in [0.25, 0.3) is 0 Å². The molecular weight excluding hydrogens is 215 g/mol. The third kappa shape index (κ3) is 2.81. The molecule has 0 unspecified atom stereocenters. The summed E-state index contributed by atoms with van der Waals surface area (Å²) < 4.78 is 0. The summed E-state index contributed by atoms with van der Waals surface area (Å²) in [6, 6.07) is 0. The summed E-state index contributed by atoms with van der Waals surface area (Å²) >= 11 is 12.9. The SMILES string of the molecule is ClCCN(CCCl)c1nccs1. The van der Waals surface area contributed by atoms with Crippen LogP contribution in [0.3, 0.4) is 0 Å². The highest BCUT2D eigenvalue weighted by molar-refractivity contribution is 7.13. The molecule has 1 aromatic heterocycles. The van der Waals surface area contributed by atoms with Gasteiger partial charge in [0.2, 0.25) is 0 Å². The van der Waals surface area contributed by atoms with Crippen LogP contribution in [0.1, 0.15) is 0 Å². The predicted molar refractivity (Wildman–Crippen MR) is 55.8 cm³/mol. The van der Waals surface area contributed by atoms with E-state index in [1.807, 2.05) is 5.38 Å². The smallest absolute Gasteiger partial charge is 0.185 e. The Morgan fingerprint density at radius 3 is 2.42 bits per heavy atom. The van der Waals surface area contributed by atoms with Gasteiger partial charge < -0.3 is 4.90 Å². The van der Waals surface area contributed by atoms with E-state index < -0.39 is 0 Å². The van der Waals surface area contributed by atoms with E-state index in [0.29, 0.717) is 11.8 Å². The third-order valence-corrected chi connectivity index (χ3v) is 2.57. The van der Waals surface area contributed by atoms with Crippen molar-refractivity contribution in [2.24, 2.45) is 0 Å². The van der Waals surface area contributed by atoms with Crippen LogP contribution in [0.15, 0.2) is 11.6 Å². The van der Waals surface area contributed by atoms with E-state index in [1.165, 1.54) is 0 Å². The molecule has 0 saturated heterocycles. The Hall–Kier alpha value is 0.01000. The summed E-state index contributed by atoms with van der Waals surface area (Å²) in [6.45, 7) is 1.61. The summed E-state index contributed by atoms with van der Waals surface area (Å²) in [5, 5.41) is 2.95. The molecule has 5 heteroatoms. The topological polar surface area (TPSA) is 16.1 Å². The minimum Gasteiger partial charge on any atom is -0.346 e. The van der Waals surface area contributed by atoms with E-state index in [2.05, 4.69) is 9.88 Å². The summed E-state index contributed by atoms with van der Waals surface area (Å²) in [4.78, 5) is 6.27. The predicted octanol–water partition coefficient (Wildman–Crippen LogP) is 2.43. The lowest BCUT2D eigenvalue weighted by Gasteiger charge is -2.18. The molecule has 2 nitrogen and oxygen atoms in total. The average Bonchev–Trinajstić information content (AvgIpc) is 2.56. The zero-order valence-electron chi connectivity index (χ0n) is 6.54. The number of alkyl halides is 2. The van der Waals surface area contributed by atoms with Crippen molar-refractivity contribution >= 4 is 39.7 Å². The lowest BCUT2D eigenvalue weighted by Crippen LogP contribution is -2.27. The van der Waals surface area contributed by atoms with E-state index in [0.717, 1.165) is 18.2 Å². The summed E-state index contributed by atoms with van der Waals surface area (Å²) in [7, 11) is 0. The van der Waals surface area contributed by atoms with Gasteiger partial charge in [0.25, 0.3) is 0 Å². The summed E-state index contributed by atoms with van der Waals surface area (Å²) in [5.41, 5.74) is 0. The van der Waals surface area contributed by atoms with Crippen molar-refractivity contribution in [2.75, 3.05) is 29.7 Å². The highest BCUT2D eigenvalue weighted by Crippen LogP contribution is 2.16. The van der Waals surface area contributed by atoms with Crippen molar-refractivity contribution in [1.29, 1.82) is 0 Å². The molecule has 0 N–H and O–H groups in total. The van der Waals surface area contributed by atoms with Gasteiger partial charge in [-0.05, 0) is 0 Å². The van der Waals surface area contributed by atoms with Crippen molar-refractivity contribution in [1.82, 2.24) is 4.98 Å². The number of hydrogen-bond donors (Lipinski definition) is 0. The maximum absolute atomic E-state index is 5.64. The lowest BCUT2D eigenvalue weighted by atomic mass is 10.5. The first kappa shape index (κ1) is 10.1. The molecule has 0 saturated carbocycles. The molecule has 1 aromatic rings. The Morgan fingerprint density at radius 1 is 1.33 bits per heavy atom. The monoisotopic (exact) mass is 224 g/mol. The number of anilines is 1. The molecule has 0 fully saturated rings. The molecule has 0 bridgehead atoms. The normalized spacial score (nSPS) is 10.2. The van der Waals surface area contributed by atoms with Gasteiger partial charge in [0, 0.05) is 36.4 Å². The van der Waals surface area contributed by atoms with Crippen LogP contribution in [-0.2, 0) is 0 Å². The van der Waals surface area contributed by atoms with Gasteiger partial charge in [-0.2, -0.15) is 0 Å². The number of thiazole rings is 1. The molecule has 0 atom stereocenters. The fraction of sp³-hybridized carbons (Fsp3) is 0.571. The van der Waals surface area contributed by atoms with E-state index in [9.17, 15) is 0 Å². The third-order valence-electron chi connectivity index (χ3n) is 1.40. The van der Waals surface area contributed by atoms with Crippen LogP contribution in [0.2, 0.25) is 0 Å². The van der Waals surface area contributed by atoms with E-state index in [4.69, 9.17) is 23.2 Å². The van der Waals surface area contributed by atoms with Gasteiger partial charge >= 0.3 is 0 Å². The quantitative estimate of drug-likeness (QED) is 0.715. The van der Waals surface area contributed by atoms with Crippen LogP contribution >= 0.6 is 34.5 Å². The fourth-order valence-corrected chi connectivity index (χ4v) is 1.98. The second kappa shape index (κ2) is 5.62. The molecule has 0 spiro atoms. The second-order valence-electron chi connectivity index (χ2n) is 2.18. The van der Waals surface area contributed by atoms with Crippen LogP contribution in [0.5, 0.6) is 0 Å². The van der Waals surface area contributed by atoms with E-state index in [-0.39, 0.29) is 0 Å². The molecule has 0 aliphatic carbocycles. The lowest BCUT2D eigenvalue weighted by molar-refractivity contribution is 0.867. The highest BCUT2D eigenvalue weighted by Gasteiger charge is 2.06. The number of aromatic nitrogens is 1. The Bertz CT molecular complexity index is 197. The Kier molecular flexibility index (Phi) is 4.73. The van der Waals surface area contributed by atoms with Crippen LogP contribution in [0, 0.1) is 0 Å². The number of hydrogen-bond acceptors (Lipinski definition) is 3. The van der Waals surface area contributed by atoms with Crippen molar-refractivity contribution < 1.29 is 0 Å². The number of halogens is 2. The van der Waals surface area contributed by atoms with Gasteiger partial charge in [-0.15, -0.1) is 34.5 Å². The zero-order chi connectivity index (χ0) is 8.81. The number of rotatable bonds is 5. The molecule has 0 amide bonds. The molecule has 0 aliphatic rings. The van der Waals surface area contributed by atoms with Crippen molar-refractivity contribution in [3.05, 3.63) is 11.6 Å². The first-order chi connectivity index (χ1) is 5.88. The van der Waals surface area contributed by atoms with Crippen LogP contribution in [-0.4, -0.2) is 29.8 Å². The second-order valence-corrected chi connectivity index (χ2v) is 3.81. The van der Waals surface area contributed by atoms with Gasteiger partial charge in [0.15, 0.2) is 5.13 Å². The summed E-state index contributed by atoms with van der Waals surface area (Å²) in [6.07, 6.45) is 1.79. The molecular formula is C7H10Cl2N2S. The Morgan fingerprint density at radius 2 is 2.00 bits per heavy atom. The Balaban J connectivity index is 2.53. The first-order valence-electron chi connectivity index (χ1n) is 3.65. The maximum atomic E-state index is 5.64. The molecule has 1 rings (SSSR count). The molecule has 0 aliphatic heterocycles. The van der Waals surface area contributed by atoms with Crippen LogP contribution in [0.4, 0.5) is 5.13 Å². The van der Waals surface area contributed by atoms with Crippen molar-refractivity contribution in [2.45, 2.75) is 0 Å². The standard InChI is InChI=1S/C7H10Cl2N2S/c8-1-4-11(5-2-9)7-10-3-6-12-7/h3,6H,1-2,4-5H2. The van der Waals surface area contributed by atoms with Gasteiger partial charge in [-0.3, -0.25) is 0 Å². The van der Waals surface area contributed by atoms with E-state index >= 15 is 0 Å². The largest absolute Gasteiger partial charge is 0.346 e. The molecule has 0 aromatic carbocycles. The van der Waals surface area contributed by atoms with Crippen molar-refractivity contribution in [3.8, 4) is 0 Å². The number of nitrogens with zero attached hydrogens (tertiary/aromatic N) is 2. The molecule has 1 heterocycles. The van der Waals surface area contributed by atoms with Gasteiger partial charge in [-0.1, -0.05) is 0 Å². The molecule has 68 valence electrons. The Labute approximate surface area is 86.1 Å². The van der Waals surface area contributed by atoms with Gasteiger partial charge in [-0.25, -0.2) is 4.98 Å².